The average molecular weight is 360 g/mol. The summed E-state index contributed by atoms with van der Waals surface area (Å²) in [5, 5.41) is 13.8. The van der Waals surface area contributed by atoms with Crippen LogP contribution < -0.4 is 10.2 Å². The Morgan fingerprint density at radius 1 is 1.07 bits per heavy atom. The van der Waals surface area contributed by atoms with Gasteiger partial charge in [-0.3, -0.25) is 0 Å². The van der Waals surface area contributed by atoms with Crippen molar-refractivity contribution in [2.45, 2.75) is 20.4 Å². The molecule has 2 aromatic heterocycles. The number of para-hydroxylation sites is 1. The Morgan fingerprint density at radius 3 is 2.67 bits per heavy atom. The molecule has 0 aliphatic carbocycles. The molecule has 0 saturated heterocycles. The maximum atomic E-state index is 5.43. The summed E-state index contributed by atoms with van der Waals surface area (Å²) in [6.07, 6.45) is 1.71. The van der Waals surface area contributed by atoms with Gasteiger partial charge in [0.05, 0.1) is 18.3 Å². The van der Waals surface area contributed by atoms with E-state index < -0.39 is 0 Å². The molecule has 1 N–H and O–H groups in total. The van der Waals surface area contributed by atoms with Crippen LogP contribution in [-0.2, 0) is 6.54 Å². The Kier molecular flexibility index (Phi) is 4.65. The van der Waals surface area contributed by atoms with E-state index in [4.69, 9.17) is 4.74 Å². The molecule has 7 heteroatoms. The summed E-state index contributed by atoms with van der Waals surface area (Å²) < 4.78 is 7.56. The van der Waals surface area contributed by atoms with Crippen LogP contribution in [0.3, 0.4) is 0 Å². The number of ether oxygens (including phenoxy) is 1. The van der Waals surface area contributed by atoms with Gasteiger partial charge in [0.2, 0.25) is 0 Å². The molecule has 0 spiro atoms. The van der Waals surface area contributed by atoms with E-state index in [1.54, 1.807) is 6.21 Å². The minimum absolute atomic E-state index is 0.363. The van der Waals surface area contributed by atoms with Gasteiger partial charge in [-0.1, -0.05) is 18.2 Å². The summed E-state index contributed by atoms with van der Waals surface area (Å²) in [6, 6.07) is 15.8. The Labute approximate surface area is 156 Å². The second kappa shape index (κ2) is 7.41. The number of hydrogen-bond acceptors (Lipinski definition) is 6. The van der Waals surface area contributed by atoms with Gasteiger partial charge in [0.15, 0.2) is 5.65 Å². The van der Waals surface area contributed by atoms with Crippen molar-refractivity contribution in [2.24, 2.45) is 5.10 Å². The van der Waals surface area contributed by atoms with Crippen LogP contribution >= 0.6 is 0 Å². The predicted octanol–water partition coefficient (Wildman–Crippen LogP) is 3.84. The second-order valence-corrected chi connectivity index (χ2v) is 5.94. The zero-order valence-corrected chi connectivity index (χ0v) is 15.3. The molecule has 0 bridgehead atoms. The highest BCUT2D eigenvalue weighted by atomic mass is 16.5. The quantitative estimate of drug-likeness (QED) is 0.417. The van der Waals surface area contributed by atoms with E-state index >= 15 is 0 Å². The van der Waals surface area contributed by atoms with Crippen LogP contribution in [0.25, 0.3) is 22.1 Å². The van der Waals surface area contributed by atoms with Crippen LogP contribution in [-0.4, -0.2) is 32.6 Å². The fraction of sp³-hybridized carbons (Fsp3) is 0.200. The van der Waals surface area contributed by atoms with Crippen molar-refractivity contribution in [3.05, 3.63) is 54.1 Å². The normalized spacial score (nSPS) is 11.5. The average Bonchev–Trinajstić information content (AvgIpc) is 3.02. The number of rotatable bonds is 6. The van der Waals surface area contributed by atoms with Gasteiger partial charge in [-0.05, 0) is 49.7 Å². The van der Waals surface area contributed by atoms with Crippen LogP contribution in [0.2, 0.25) is 0 Å². The molecule has 4 aromatic rings. The lowest BCUT2D eigenvalue weighted by molar-refractivity contribution is 0.340. The van der Waals surface area contributed by atoms with Gasteiger partial charge in [-0.25, -0.2) is 5.43 Å². The standard InChI is InChI=1S/C20H20N6O/c1-3-26-17-8-6-5-7-16(17)18-19(26)22-20(25-23-18)24-21-13-14-9-11-15(12-10-14)27-4-2/h5-13H,3-4H2,1-2H3,(H,22,24,25)/b21-13+. The van der Waals surface area contributed by atoms with Gasteiger partial charge in [0.25, 0.3) is 5.95 Å². The van der Waals surface area contributed by atoms with Gasteiger partial charge >= 0.3 is 0 Å². The van der Waals surface area contributed by atoms with Crippen LogP contribution in [0.4, 0.5) is 5.95 Å². The van der Waals surface area contributed by atoms with E-state index in [1.807, 2.05) is 49.4 Å². The van der Waals surface area contributed by atoms with E-state index in [0.717, 1.165) is 39.9 Å². The Balaban J connectivity index is 1.58. The van der Waals surface area contributed by atoms with Crippen molar-refractivity contribution in [2.75, 3.05) is 12.0 Å². The highest BCUT2D eigenvalue weighted by Crippen LogP contribution is 2.26. The molecular weight excluding hydrogens is 340 g/mol. The van der Waals surface area contributed by atoms with Gasteiger partial charge < -0.3 is 9.30 Å². The first-order chi connectivity index (χ1) is 13.3. The third-order valence-electron chi connectivity index (χ3n) is 4.26. The first-order valence-electron chi connectivity index (χ1n) is 8.93. The first-order valence-corrected chi connectivity index (χ1v) is 8.93. The lowest BCUT2D eigenvalue weighted by Gasteiger charge is -2.03. The third-order valence-corrected chi connectivity index (χ3v) is 4.26. The van der Waals surface area contributed by atoms with E-state index in [0.29, 0.717) is 12.6 Å². The van der Waals surface area contributed by atoms with Crippen LogP contribution in [0.15, 0.2) is 53.6 Å². The van der Waals surface area contributed by atoms with Crippen molar-refractivity contribution in [3.63, 3.8) is 0 Å². The zero-order chi connectivity index (χ0) is 18.6. The van der Waals surface area contributed by atoms with Gasteiger partial charge in [0, 0.05) is 11.9 Å². The Morgan fingerprint density at radius 2 is 1.89 bits per heavy atom. The van der Waals surface area contributed by atoms with Crippen LogP contribution in [0.1, 0.15) is 19.4 Å². The number of nitrogens with one attached hydrogen (secondary N) is 1. The minimum atomic E-state index is 0.363. The molecule has 0 fully saturated rings. The molecule has 7 nitrogen and oxygen atoms in total. The van der Waals surface area contributed by atoms with Crippen molar-refractivity contribution in [1.29, 1.82) is 0 Å². The molecule has 0 unspecified atom stereocenters. The Bertz CT molecular complexity index is 1100. The smallest absolute Gasteiger partial charge is 0.265 e. The highest BCUT2D eigenvalue weighted by molar-refractivity contribution is 6.04. The topological polar surface area (TPSA) is 77.2 Å². The lowest BCUT2D eigenvalue weighted by atomic mass is 10.2. The van der Waals surface area contributed by atoms with E-state index in [1.165, 1.54) is 0 Å². The molecule has 4 rings (SSSR count). The predicted molar refractivity (Wildman–Crippen MR) is 107 cm³/mol. The SMILES string of the molecule is CCOc1ccc(/C=N/Nc2nnc3c4ccccc4n(CC)c3n2)cc1. The van der Waals surface area contributed by atoms with Gasteiger partial charge in [-0.2, -0.15) is 10.1 Å². The van der Waals surface area contributed by atoms with Crippen molar-refractivity contribution < 1.29 is 4.74 Å². The zero-order valence-electron chi connectivity index (χ0n) is 15.3. The van der Waals surface area contributed by atoms with Gasteiger partial charge in [-0.15, -0.1) is 10.2 Å². The number of nitrogens with zero attached hydrogens (tertiary/aromatic N) is 5. The number of hydrazone groups is 1. The first kappa shape index (κ1) is 17.0. The van der Waals surface area contributed by atoms with E-state index in [2.05, 4.69) is 43.3 Å². The summed E-state index contributed by atoms with van der Waals surface area (Å²) in [6.45, 7) is 5.50. The molecule has 27 heavy (non-hydrogen) atoms. The molecule has 0 aliphatic heterocycles. The summed E-state index contributed by atoms with van der Waals surface area (Å²) >= 11 is 0. The Hall–Kier alpha value is -3.48. The van der Waals surface area contributed by atoms with Crippen LogP contribution in [0.5, 0.6) is 5.75 Å². The molecule has 2 aromatic carbocycles. The largest absolute Gasteiger partial charge is 0.494 e. The number of anilines is 1. The number of aryl methyl sites for hydroxylation is 1. The fourth-order valence-corrected chi connectivity index (χ4v) is 3.05. The molecule has 2 heterocycles. The molecule has 0 amide bonds. The number of fused-ring (bicyclic) bond motifs is 3. The van der Waals surface area contributed by atoms with Crippen molar-refractivity contribution in [3.8, 4) is 5.75 Å². The summed E-state index contributed by atoms with van der Waals surface area (Å²) in [7, 11) is 0. The van der Waals surface area contributed by atoms with E-state index in [-0.39, 0.29) is 0 Å². The molecule has 0 atom stereocenters. The molecule has 0 aliphatic rings. The number of aromatic nitrogens is 4. The van der Waals surface area contributed by atoms with Crippen molar-refractivity contribution >= 4 is 34.2 Å². The van der Waals surface area contributed by atoms with E-state index in [9.17, 15) is 0 Å². The van der Waals surface area contributed by atoms with Crippen molar-refractivity contribution in [1.82, 2.24) is 19.7 Å². The summed E-state index contributed by atoms with van der Waals surface area (Å²) in [4.78, 5) is 4.60. The maximum absolute atomic E-state index is 5.43. The minimum Gasteiger partial charge on any atom is -0.494 e. The fourth-order valence-electron chi connectivity index (χ4n) is 3.05. The van der Waals surface area contributed by atoms with Crippen LogP contribution in [0, 0.1) is 0 Å². The van der Waals surface area contributed by atoms with Gasteiger partial charge in [0.1, 0.15) is 11.3 Å². The summed E-state index contributed by atoms with van der Waals surface area (Å²) in [5.74, 6) is 1.20. The molecule has 136 valence electrons. The molecule has 0 saturated carbocycles. The summed E-state index contributed by atoms with van der Waals surface area (Å²) in [5.41, 5.74) is 6.51. The molecule has 0 radical (unpaired) electrons. The monoisotopic (exact) mass is 360 g/mol. The number of benzene rings is 2. The molecular formula is C20H20N6O. The third kappa shape index (κ3) is 3.31. The number of hydrogen-bond donors (Lipinski definition) is 1. The highest BCUT2D eigenvalue weighted by Gasteiger charge is 2.13. The maximum Gasteiger partial charge on any atom is 0.265 e. The second-order valence-electron chi connectivity index (χ2n) is 5.94. The lowest BCUT2D eigenvalue weighted by Crippen LogP contribution is -2.02.